The number of hydrogen-bond donors (Lipinski definition) is 1. The monoisotopic (exact) mass is 619 g/mol. The molecular weight excluding hydrogens is 583 g/mol. The van der Waals surface area contributed by atoms with E-state index in [4.69, 9.17) is 14.5 Å². The highest BCUT2D eigenvalue weighted by molar-refractivity contribution is 6.01. The summed E-state index contributed by atoms with van der Waals surface area (Å²) in [5, 5.41) is 12.1. The molecule has 5 heterocycles. The molecule has 11 heteroatoms. The van der Waals surface area contributed by atoms with E-state index < -0.39 is 23.3 Å². The number of phenolic OH excluding ortho intramolecular Hbond substituents is 1. The number of ether oxygens (including phenoxy) is 2. The zero-order valence-corrected chi connectivity index (χ0v) is 25.3. The van der Waals surface area contributed by atoms with Crippen LogP contribution >= 0.6 is 0 Å². The maximum absolute atomic E-state index is 16.8. The molecule has 236 valence electrons. The van der Waals surface area contributed by atoms with Crippen LogP contribution in [0.4, 0.5) is 19.0 Å². The summed E-state index contributed by atoms with van der Waals surface area (Å²) in [5.41, 5.74) is 0.502. The molecule has 3 saturated heterocycles. The fraction of sp³-hybridized carbons (Fsp3) is 0.500. The number of anilines is 1. The highest BCUT2D eigenvalue weighted by Gasteiger charge is 2.62. The van der Waals surface area contributed by atoms with Gasteiger partial charge in [0.1, 0.15) is 41.4 Å². The number of alkyl halides is 1. The second kappa shape index (κ2) is 10.7. The van der Waals surface area contributed by atoms with Gasteiger partial charge in [-0.25, -0.2) is 13.2 Å². The number of aromatic hydroxyl groups is 1. The third kappa shape index (κ3) is 4.86. The third-order valence-electron chi connectivity index (χ3n) is 10.3. The number of pyridine rings is 1. The minimum atomic E-state index is -0.907. The van der Waals surface area contributed by atoms with E-state index in [9.17, 15) is 13.9 Å². The minimum Gasteiger partial charge on any atom is -0.508 e. The second-order valence-corrected chi connectivity index (χ2v) is 13.3. The average molecular weight is 620 g/mol. The Morgan fingerprint density at radius 1 is 1.13 bits per heavy atom. The Balaban J connectivity index is 1.25. The lowest BCUT2D eigenvalue weighted by Gasteiger charge is -2.31. The normalized spacial score (nSPS) is 24.4. The first-order valence-electron chi connectivity index (χ1n) is 15.9. The fourth-order valence-electron chi connectivity index (χ4n) is 8.03. The molecule has 0 bridgehead atoms. The Morgan fingerprint density at radius 2 is 2.00 bits per heavy atom. The number of aryl methyl sites for hydroxylation is 1. The number of benzene rings is 2. The minimum absolute atomic E-state index is 0.0188. The second-order valence-electron chi connectivity index (χ2n) is 13.3. The number of nitrogens with zero attached hydrogens (tertiary/aromatic N) is 5. The Morgan fingerprint density at radius 3 is 2.82 bits per heavy atom. The van der Waals surface area contributed by atoms with Gasteiger partial charge in [-0.2, -0.15) is 9.97 Å². The van der Waals surface area contributed by atoms with E-state index in [1.807, 2.05) is 11.8 Å². The van der Waals surface area contributed by atoms with Crippen LogP contribution in [-0.2, 0) is 11.2 Å². The molecule has 4 aromatic rings. The van der Waals surface area contributed by atoms with Gasteiger partial charge in [0.2, 0.25) is 0 Å². The van der Waals surface area contributed by atoms with Gasteiger partial charge < -0.3 is 19.5 Å². The lowest BCUT2D eigenvalue weighted by molar-refractivity contribution is 0.107. The summed E-state index contributed by atoms with van der Waals surface area (Å²) < 4.78 is 58.4. The summed E-state index contributed by atoms with van der Waals surface area (Å²) in [6.45, 7) is 5.65. The molecule has 1 spiro atoms. The van der Waals surface area contributed by atoms with Crippen LogP contribution in [0.25, 0.3) is 32.9 Å². The molecular formula is C34H36F3N5O3. The summed E-state index contributed by atoms with van der Waals surface area (Å²) >= 11 is 0. The number of rotatable bonds is 6. The maximum Gasteiger partial charge on any atom is 0.319 e. The highest BCUT2D eigenvalue weighted by atomic mass is 19.1. The van der Waals surface area contributed by atoms with Crippen LogP contribution in [0.1, 0.15) is 44.6 Å². The van der Waals surface area contributed by atoms with Crippen LogP contribution in [0.5, 0.6) is 11.8 Å². The quantitative estimate of drug-likeness (QED) is 0.283. The third-order valence-corrected chi connectivity index (χ3v) is 10.3. The molecule has 45 heavy (non-hydrogen) atoms. The van der Waals surface area contributed by atoms with Gasteiger partial charge in [0.25, 0.3) is 0 Å². The summed E-state index contributed by atoms with van der Waals surface area (Å²) in [7, 11) is 0. The molecule has 1 unspecified atom stereocenters. The van der Waals surface area contributed by atoms with Gasteiger partial charge >= 0.3 is 6.01 Å². The van der Waals surface area contributed by atoms with Gasteiger partial charge in [0.15, 0.2) is 5.82 Å². The Kier molecular flexibility index (Phi) is 6.83. The zero-order valence-electron chi connectivity index (χ0n) is 25.3. The first kappa shape index (κ1) is 28.8. The molecule has 2 atom stereocenters. The predicted molar refractivity (Wildman–Crippen MR) is 164 cm³/mol. The molecule has 1 aliphatic carbocycles. The smallest absolute Gasteiger partial charge is 0.319 e. The first-order chi connectivity index (χ1) is 21.8. The van der Waals surface area contributed by atoms with E-state index in [0.717, 1.165) is 32.2 Å². The van der Waals surface area contributed by atoms with E-state index in [0.29, 0.717) is 73.2 Å². The molecule has 2 aromatic carbocycles. The molecule has 3 aliphatic heterocycles. The molecule has 8 nitrogen and oxygen atoms in total. The topological polar surface area (TPSA) is 83.8 Å². The predicted octanol–water partition coefficient (Wildman–Crippen LogP) is 5.96. The van der Waals surface area contributed by atoms with Crippen LogP contribution in [-0.4, -0.2) is 82.7 Å². The van der Waals surface area contributed by atoms with E-state index >= 15 is 4.39 Å². The number of fused-ring (bicyclic) bond motifs is 3. The van der Waals surface area contributed by atoms with E-state index in [-0.39, 0.29) is 40.6 Å². The fourth-order valence-corrected chi connectivity index (χ4v) is 8.03. The van der Waals surface area contributed by atoms with Gasteiger partial charge in [-0.1, -0.05) is 13.0 Å². The van der Waals surface area contributed by atoms with Gasteiger partial charge in [-0.15, -0.1) is 0 Å². The van der Waals surface area contributed by atoms with Crippen molar-refractivity contribution in [2.45, 2.75) is 57.2 Å². The van der Waals surface area contributed by atoms with Crippen molar-refractivity contribution in [3.8, 4) is 23.0 Å². The first-order valence-corrected chi connectivity index (χ1v) is 15.9. The lowest BCUT2D eigenvalue weighted by Crippen LogP contribution is -2.43. The van der Waals surface area contributed by atoms with E-state index in [1.165, 1.54) is 24.4 Å². The van der Waals surface area contributed by atoms with Crippen molar-refractivity contribution in [3.05, 3.63) is 47.7 Å². The Hall–Kier alpha value is -3.70. The SMILES string of the molecule is CCc1c(F)ccc2cc(O)cc(-c3ncc4c(N5CCCOCC5)nc(OCC56C[C@@H](F)CN5CC5(CC5)C6)nc4c3F)c12. The van der Waals surface area contributed by atoms with Crippen LogP contribution < -0.4 is 9.64 Å². The molecule has 1 saturated carbocycles. The van der Waals surface area contributed by atoms with Gasteiger partial charge in [0.05, 0.1) is 17.5 Å². The molecule has 1 N–H and O–H groups in total. The molecule has 4 fully saturated rings. The van der Waals surface area contributed by atoms with Crippen LogP contribution in [0.15, 0.2) is 30.5 Å². The largest absolute Gasteiger partial charge is 0.508 e. The van der Waals surface area contributed by atoms with Crippen LogP contribution in [0.2, 0.25) is 0 Å². The van der Waals surface area contributed by atoms with Gasteiger partial charge in [0, 0.05) is 51.0 Å². The number of phenols is 1. The number of hydrogen-bond acceptors (Lipinski definition) is 8. The average Bonchev–Trinajstić information content (AvgIpc) is 3.70. The van der Waals surface area contributed by atoms with Crippen molar-refractivity contribution in [3.63, 3.8) is 0 Å². The zero-order chi connectivity index (χ0) is 30.9. The lowest BCUT2D eigenvalue weighted by atomic mass is 9.89. The van der Waals surface area contributed by atoms with Crippen molar-refractivity contribution in [2.75, 3.05) is 50.9 Å². The molecule has 0 radical (unpaired) electrons. The van der Waals surface area contributed by atoms with Crippen molar-refractivity contribution >= 4 is 27.5 Å². The van der Waals surface area contributed by atoms with Crippen molar-refractivity contribution in [1.82, 2.24) is 19.9 Å². The summed E-state index contributed by atoms with van der Waals surface area (Å²) in [5.74, 6) is -0.708. The van der Waals surface area contributed by atoms with Crippen molar-refractivity contribution in [1.29, 1.82) is 0 Å². The molecule has 2 aromatic heterocycles. The van der Waals surface area contributed by atoms with Crippen LogP contribution in [0.3, 0.4) is 0 Å². The molecule has 4 aliphatic rings. The number of aromatic nitrogens is 3. The molecule has 0 amide bonds. The maximum atomic E-state index is 16.8. The van der Waals surface area contributed by atoms with Gasteiger partial charge in [-0.3, -0.25) is 9.88 Å². The van der Waals surface area contributed by atoms with Crippen molar-refractivity contribution < 1.29 is 27.8 Å². The van der Waals surface area contributed by atoms with Crippen LogP contribution in [0, 0.1) is 17.0 Å². The highest BCUT2D eigenvalue weighted by Crippen LogP contribution is 2.60. The summed E-state index contributed by atoms with van der Waals surface area (Å²) in [6.07, 6.45) is 5.38. The summed E-state index contributed by atoms with van der Waals surface area (Å²) in [6, 6.07) is 5.90. The summed E-state index contributed by atoms with van der Waals surface area (Å²) in [4.78, 5) is 18.2. The molecule has 8 rings (SSSR count). The number of halogens is 3. The standard InChI is InChI=1S/C34H36F3N5O3/c1-2-23-26(36)5-4-20-12-22(43)13-24(27(20)23)29-28(37)30-25(15-38-29)31(41-8-3-10-44-11-9-41)40-32(39-30)45-19-34-14-21(35)16-42(34)18-33(17-34)6-7-33/h4-5,12-13,15,21,43H,2-3,6-11,14,16-19H2,1H3/t21-,34?/m1/s1. The van der Waals surface area contributed by atoms with E-state index in [2.05, 4.69) is 14.9 Å². The van der Waals surface area contributed by atoms with Gasteiger partial charge in [-0.05, 0) is 72.1 Å². The Bertz CT molecular complexity index is 1810. The van der Waals surface area contributed by atoms with E-state index in [1.54, 1.807) is 6.07 Å². The Labute approximate surface area is 259 Å². The van der Waals surface area contributed by atoms with Crippen molar-refractivity contribution in [2.24, 2.45) is 5.41 Å².